The van der Waals surface area contributed by atoms with Crippen LogP contribution >= 0.6 is 11.3 Å². The van der Waals surface area contributed by atoms with E-state index < -0.39 is 0 Å². The van der Waals surface area contributed by atoms with E-state index in [0.29, 0.717) is 9.20 Å². The molecule has 0 saturated carbocycles. The third kappa shape index (κ3) is 7.46. The number of fused-ring (bicyclic) bond motifs is 5. The quantitative estimate of drug-likeness (QED) is 0.0976. The summed E-state index contributed by atoms with van der Waals surface area (Å²) in [5.74, 6) is 0. The van der Waals surface area contributed by atoms with Crippen molar-refractivity contribution in [1.82, 2.24) is 9.55 Å². The first-order valence-electron chi connectivity index (χ1n) is 19.6. The number of aromatic nitrogens is 2. The van der Waals surface area contributed by atoms with Gasteiger partial charge in [-0.2, -0.15) is 10.5 Å². The summed E-state index contributed by atoms with van der Waals surface area (Å²) in [6, 6.07) is 28.6. The Morgan fingerprint density at radius 2 is 1.42 bits per heavy atom. The number of hydrogen-bond acceptors (Lipinski definition) is 4. The maximum atomic E-state index is 12.6. The summed E-state index contributed by atoms with van der Waals surface area (Å²) in [7, 11) is 0. The molecule has 0 atom stereocenters. The zero-order valence-electron chi connectivity index (χ0n) is 31.2. The van der Waals surface area contributed by atoms with Gasteiger partial charge in [-0.3, -0.25) is 4.79 Å². The molecular weight excluding hydrogens is 657 g/mol. The average molecular weight is 709 g/mol. The number of nitrogens with one attached hydrogen (secondary N) is 1. The van der Waals surface area contributed by atoms with E-state index in [9.17, 15) is 15.3 Å². The normalized spacial score (nSPS) is 13.2. The highest BCUT2D eigenvalue weighted by molar-refractivity contribution is 7.07. The third-order valence-corrected chi connectivity index (χ3v) is 12.1. The fraction of sp³-hybridized carbons (Fsp3) is 0.413. The number of rotatable bonds is 17. The van der Waals surface area contributed by atoms with Crippen molar-refractivity contribution in [2.24, 2.45) is 0 Å². The first kappa shape index (κ1) is 37.1. The van der Waals surface area contributed by atoms with Crippen LogP contribution in [0.25, 0.3) is 44.9 Å². The Morgan fingerprint density at radius 1 is 0.788 bits per heavy atom. The minimum Gasteiger partial charge on any atom is -0.340 e. The minimum absolute atomic E-state index is 0.0127. The molecule has 0 saturated heterocycles. The molecule has 5 aromatic rings. The van der Waals surface area contributed by atoms with Gasteiger partial charge in [0.05, 0.1) is 10.2 Å². The molecule has 0 fully saturated rings. The largest absolute Gasteiger partial charge is 0.340 e. The summed E-state index contributed by atoms with van der Waals surface area (Å²) in [4.78, 5) is 15.3. The summed E-state index contributed by atoms with van der Waals surface area (Å²) in [6.07, 6.45) is 19.3. The predicted molar refractivity (Wildman–Crippen MR) is 218 cm³/mol. The fourth-order valence-electron chi connectivity index (χ4n) is 8.43. The zero-order chi connectivity index (χ0) is 36.5. The number of aryl methyl sites for hydroxylation is 1. The van der Waals surface area contributed by atoms with Crippen LogP contribution in [0.5, 0.6) is 0 Å². The molecule has 0 bridgehead atoms. The molecule has 5 nitrogen and oxygen atoms in total. The van der Waals surface area contributed by atoms with Gasteiger partial charge in [0.25, 0.3) is 5.56 Å². The molecule has 3 aromatic carbocycles. The molecule has 2 heterocycles. The van der Waals surface area contributed by atoms with Crippen LogP contribution in [0, 0.1) is 22.7 Å². The van der Waals surface area contributed by atoms with Gasteiger partial charge in [-0.15, -0.1) is 11.3 Å². The molecule has 1 aliphatic rings. The molecule has 0 unspecified atom stereocenters. The number of nitriles is 2. The first-order chi connectivity index (χ1) is 25.5. The average Bonchev–Trinajstić information content (AvgIpc) is 3.79. The highest BCUT2D eigenvalue weighted by Crippen LogP contribution is 2.58. The number of nitrogens with zero attached hydrogens (tertiary/aromatic N) is 3. The lowest BCUT2D eigenvalue weighted by atomic mass is 9.70. The van der Waals surface area contributed by atoms with Gasteiger partial charge < -0.3 is 9.55 Å². The molecule has 268 valence electrons. The van der Waals surface area contributed by atoms with Crippen molar-refractivity contribution >= 4 is 33.9 Å². The fourth-order valence-corrected chi connectivity index (χ4v) is 9.32. The molecule has 2 aromatic heterocycles. The standard InChI is InChI=1S/C46H52N4OS/c1-4-7-10-15-26-46(27-16-11-8-5-2)39-19-14-13-18-37(39)43-42(46)38-30-35(24-25-40(38)50(43)28-17-12-9-6-3)34-22-20-33(21-23-34)29-41-44(51)49-45(52-41)36(31-47)32-48/h13-14,18-25,29-30H,4-12,15-17,26-28H2,1-3H3,(H,49,51)/b41-29+. The van der Waals surface area contributed by atoms with Crippen LogP contribution < -0.4 is 14.8 Å². The van der Waals surface area contributed by atoms with Crippen LogP contribution in [0.4, 0.5) is 0 Å². The lowest BCUT2D eigenvalue weighted by Gasteiger charge is -2.33. The number of benzene rings is 3. The van der Waals surface area contributed by atoms with Crippen LogP contribution in [-0.4, -0.2) is 9.55 Å². The Balaban J connectivity index is 1.47. The van der Waals surface area contributed by atoms with Crippen LogP contribution in [-0.2, 0) is 12.0 Å². The van der Waals surface area contributed by atoms with E-state index in [4.69, 9.17) is 0 Å². The van der Waals surface area contributed by atoms with Crippen molar-refractivity contribution in [3.8, 4) is 34.5 Å². The molecule has 0 radical (unpaired) electrons. The van der Waals surface area contributed by atoms with Crippen molar-refractivity contribution in [3.05, 3.63) is 103 Å². The molecule has 6 rings (SSSR count). The molecular formula is C46H52N4OS. The van der Waals surface area contributed by atoms with Gasteiger partial charge in [0.2, 0.25) is 0 Å². The molecule has 0 aliphatic heterocycles. The molecule has 1 aliphatic carbocycles. The summed E-state index contributed by atoms with van der Waals surface area (Å²) in [5, 5.41) is 19.9. The number of aromatic amines is 1. The highest BCUT2D eigenvalue weighted by Gasteiger charge is 2.45. The predicted octanol–water partition coefficient (Wildman–Crippen LogP) is 10.9. The van der Waals surface area contributed by atoms with E-state index in [1.807, 2.05) is 30.3 Å². The Kier molecular flexibility index (Phi) is 12.3. The SMILES string of the molecule is CCCCCCn1c2c(c3cc(-c4ccc(/C=c5/sc(=C(C#N)C#N)[nH]c5=O)cc4)ccc31)C(CCCCCC)(CCCCCC)c1ccccc1-2. The lowest BCUT2D eigenvalue weighted by molar-refractivity contribution is 0.403. The van der Waals surface area contributed by atoms with Crippen LogP contribution in [0.2, 0.25) is 0 Å². The molecule has 0 spiro atoms. The minimum atomic E-state index is -0.292. The highest BCUT2D eigenvalue weighted by atomic mass is 32.1. The van der Waals surface area contributed by atoms with Crippen molar-refractivity contribution in [2.45, 2.75) is 123 Å². The second-order valence-electron chi connectivity index (χ2n) is 14.5. The van der Waals surface area contributed by atoms with Crippen molar-refractivity contribution < 1.29 is 0 Å². The maximum Gasteiger partial charge on any atom is 0.266 e. The molecule has 6 heteroatoms. The third-order valence-electron chi connectivity index (χ3n) is 11.0. The van der Waals surface area contributed by atoms with Gasteiger partial charge in [-0.25, -0.2) is 0 Å². The summed E-state index contributed by atoms with van der Waals surface area (Å²) >= 11 is 1.14. The topological polar surface area (TPSA) is 85.4 Å². The number of H-pyrrole nitrogens is 1. The van der Waals surface area contributed by atoms with Crippen molar-refractivity contribution in [2.75, 3.05) is 0 Å². The Labute approximate surface area is 313 Å². The zero-order valence-corrected chi connectivity index (χ0v) is 32.0. The molecule has 0 amide bonds. The molecule has 1 N–H and O–H groups in total. The summed E-state index contributed by atoms with van der Waals surface area (Å²) in [5.41, 5.74) is 10.2. The Hall–Kier alpha value is -4.65. The summed E-state index contributed by atoms with van der Waals surface area (Å²) in [6.45, 7) is 7.94. The van der Waals surface area contributed by atoms with Crippen LogP contribution in [0.3, 0.4) is 0 Å². The monoisotopic (exact) mass is 708 g/mol. The summed E-state index contributed by atoms with van der Waals surface area (Å²) < 4.78 is 3.44. The molecule has 52 heavy (non-hydrogen) atoms. The number of hydrogen-bond donors (Lipinski definition) is 1. The van der Waals surface area contributed by atoms with Gasteiger partial charge in [0.15, 0.2) is 5.57 Å². The van der Waals surface area contributed by atoms with E-state index in [1.54, 1.807) is 11.1 Å². The van der Waals surface area contributed by atoms with Crippen LogP contribution in [0.15, 0.2) is 71.5 Å². The van der Waals surface area contributed by atoms with E-state index in [0.717, 1.165) is 29.0 Å². The number of unbranched alkanes of at least 4 members (excludes halogenated alkanes) is 9. The van der Waals surface area contributed by atoms with E-state index >= 15 is 0 Å². The lowest BCUT2D eigenvalue weighted by Crippen LogP contribution is -2.25. The van der Waals surface area contributed by atoms with Gasteiger partial charge >= 0.3 is 0 Å². The Morgan fingerprint density at radius 3 is 2.08 bits per heavy atom. The first-order valence-corrected chi connectivity index (χ1v) is 20.4. The van der Waals surface area contributed by atoms with Crippen molar-refractivity contribution in [3.63, 3.8) is 0 Å². The Bertz CT molecular complexity index is 2240. The van der Waals surface area contributed by atoms with E-state index in [1.165, 1.54) is 118 Å². The van der Waals surface area contributed by atoms with Crippen molar-refractivity contribution in [1.29, 1.82) is 10.5 Å². The number of thiazole rings is 1. The smallest absolute Gasteiger partial charge is 0.266 e. The maximum absolute atomic E-state index is 12.6. The van der Waals surface area contributed by atoms with Gasteiger partial charge in [-0.1, -0.05) is 146 Å². The van der Waals surface area contributed by atoms with E-state index in [-0.39, 0.29) is 16.5 Å². The van der Waals surface area contributed by atoms with Crippen LogP contribution in [0.1, 0.15) is 127 Å². The second kappa shape index (κ2) is 17.2. The van der Waals surface area contributed by atoms with Gasteiger partial charge in [-0.05, 0) is 65.3 Å². The van der Waals surface area contributed by atoms with Gasteiger partial charge in [0, 0.05) is 28.4 Å². The van der Waals surface area contributed by atoms with E-state index in [2.05, 4.69) is 84.9 Å². The second-order valence-corrected chi connectivity index (χ2v) is 15.6. The van der Waals surface area contributed by atoms with Gasteiger partial charge in [0.1, 0.15) is 16.8 Å².